The van der Waals surface area contributed by atoms with Crippen molar-refractivity contribution in [3.05, 3.63) is 0 Å². The van der Waals surface area contributed by atoms with Crippen LogP contribution in [0.15, 0.2) is 0 Å². The number of methoxy groups -OCH3 is 1. The number of hydrogen-bond acceptors (Lipinski definition) is 3. The average molecular weight is 162 g/mol. The second-order valence-corrected chi connectivity index (χ2v) is 2.42. The zero-order valence-corrected chi connectivity index (χ0v) is 7.38. The molecule has 0 spiro atoms. The van der Waals surface area contributed by atoms with Crippen LogP contribution in [0.2, 0.25) is 0 Å². The molecule has 0 aliphatic heterocycles. The summed E-state index contributed by atoms with van der Waals surface area (Å²) in [7, 11) is 1.63. The summed E-state index contributed by atoms with van der Waals surface area (Å²) >= 11 is 0. The lowest BCUT2D eigenvalue weighted by molar-refractivity contribution is 0.0656. The molecule has 0 aromatic rings. The molecule has 1 N–H and O–H groups in total. The van der Waals surface area contributed by atoms with E-state index < -0.39 is 0 Å². The van der Waals surface area contributed by atoms with Gasteiger partial charge in [-0.3, -0.25) is 0 Å². The summed E-state index contributed by atoms with van der Waals surface area (Å²) in [5.41, 5.74) is 0. The summed E-state index contributed by atoms with van der Waals surface area (Å²) in [5, 5.41) is 9.25. The maximum absolute atomic E-state index is 9.25. The summed E-state index contributed by atoms with van der Waals surface area (Å²) in [5.74, 6) is 0. The molecule has 0 aromatic carbocycles. The van der Waals surface area contributed by atoms with Crippen molar-refractivity contribution in [1.82, 2.24) is 0 Å². The van der Waals surface area contributed by atoms with Gasteiger partial charge in [0.05, 0.1) is 6.10 Å². The van der Waals surface area contributed by atoms with E-state index in [1.807, 2.05) is 6.92 Å². The fraction of sp³-hybridized carbons (Fsp3) is 1.00. The lowest BCUT2D eigenvalue weighted by Gasteiger charge is -2.08. The molecule has 0 amide bonds. The fourth-order valence-corrected chi connectivity index (χ4v) is 0.762. The van der Waals surface area contributed by atoms with Gasteiger partial charge in [0.25, 0.3) is 0 Å². The van der Waals surface area contributed by atoms with E-state index in [0.29, 0.717) is 26.1 Å². The van der Waals surface area contributed by atoms with E-state index in [0.717, 1.165) is 6.61 Å². The second kappa shape index (κ2) is 7.98. The molecule has 0 bridgehead atoms. The van der Waals surface area contributed by atoms with Crippen LogP contribution in [0.1, 0.15) is 19.8 Å². The zero-order valence-electron chi connectivity index (χ0n) is 7.38. The Bertz CT molecular complexity index is 75.7. The van der Waals surface area contributed by atoms with Gasteiger partial charge in [0.1, 0.15) is 0 Å². The van der Waals surface area contributed by atoms with Crippen LogP contribution in [0.3, 0.4) is 0 Å². The predicted molar refractivity (Wildman–Crippen MR) is 43.6 cm³/mol. The van der Waals surface area contributed by atoms with Crippen molar-refractivity contribution >= 4 is 0 Å². The molecule has 0 saturated heterocycles. The molecule has 0 fully saturated rings. The van der Waals surface area contributed by atoms with E-state index in [2.05, 4.69) is 0 Å². The lowest BCUT2D eigenvalue weighted by Crippen LogP contribution is -2.12. The third kappa shape index (κ3) is 7.78. The maximum atomic E-state index is 9.25. The molecule has 0 aromatic heterocycles. The first kappa shape index (κ1) is 10.9. The highest BCUT2D eigenvalue weighted by atomic mass is 16.5. The van der Waals surface area contributed by atoms with E-state index in [1.165, 1.54) is 0 Å². The minimum Gasteiger partial charge on any atom is -0.393 e. The van der Waals surface area contributed by atoms with Gasteiger partial charge in [0.2, 0.25) is 0 Å². The first-order chi connectivity index (χ1) is 5.31. The molecule has 0 aliphatic carbocycles. The Morgan fingerprint density at radius 2 is 1.91 bits per heavy atom. The standard InChI is InChI=1S/C8H18O3/c1-3-11-7-5-8(9)4-6-10-2/h8-9H,3-7H2,1-2H3. The SMILES string of the molecule is CCOCCC(O)CCOC. The Labute approximate surface area is 68.3 Å². The largest absolute Gasteiger partial charge is 0.393 e. The molecule has 3 nitrogen and oxygen atoms in total. The highest BCUT2D eigenvalue weighted by Crippen LogP contribution is 1.97. The monoisotopic (exact) mass is 162 g/mol. The minimum absolute atomic E-state index is 0.276. The molecule has 3 heteroatoms. The molecule has 0 heterocycles. The summed E-state index contributed by atoms with van der Waals surface area (Å²) < 4.78 is 9.90. The lowest BCUT2D eigenvalue weighted by atomic mass is 10.2. The Morgan fingerprint density at radius 1 is 1.27 bits per heavy atom. The van der Waals surface area contributed by atoms with Gasteiger partial charge in [0, 0.05) is 26.9 Å². The molecule has 11 heavy (non-hydrogen) atoms. The smallest absolute Gasteiger partial charge is 0.0584 e. The van der Waals surface area contributed by atoms with Crippen LogP contribution >= 0.6 is 0 Å². The van der Waals surface area contributed by atoms with Crippen molar-refractivity contribution in [3.63, 3.8) is 0 Å². The number of ether oxygens (including phenoxy) is 2. The van der Waals surface area contributed by atoms with E-state index in [9.17, 15) is 5.11 Å². The Morgan fingerprint density at radius 3 is 2.45 bits per heavy atom. The predicted octanol–water partition coefficient (Wildman–Crippen LogP) is 0.810. The molecule has 0 radical (unpaired) electrons. The highest BCUT2D eigenvalue weighted by molar-refractivity contribution is 4.53. The normalized spacial score (nSPS) is 13.4. The summed E-state index contributed by atoms with van der Waals surface area (Å²) in [4.78, 5) is 0. The highest BCUT2D eigenvalue weighted by Gasteiger charge is 2.02. The first-order valence-electron chi connectivity index (χ1n) is 4.06. The van der Waals surface area contributed by atoms with Crippen molar-refractivity contribution in [3.8, 4) is 0 Å². The van der Waals surface area contributed by atoms with Crippen molar-refractivity contribution in [2.75, 3.05) is 26.9 Å². The Balaban J connectivity index is 3.02. The van der Waals surface area contributed by atoms with Crippen LogP contribution in [0, 0.1) is 0 Å². The van der Waals surface area contributed by atoms with Crippen LogP contribution in [-0.2, 0) is 9.47 Å². The average Bonchev–Trinajstić information content (AvgIpc) is 2.01. The van der Waals surface area contributed by atoms with Crippen LogP contribution in [-0.4, -0.2) is 38.1 Å². The quantitative estimate of drug-likeness (QED) is 0.563. The molecule has 0 saturated carbocycles. The Kier molecular flexibility index (Phi) is 7.89. The Hall–Kier alpha value is -0.120. The van der Waals surface area contributed by atoms with Gasteiger partial charge in [-0.2, -0.15) is 0 Å². The van der Waals surface area contributed by atoms with Crippen molar-refractivity contribution in [2.24, 2.45) is 0 Å². The molecule has 0 rings (SSSR count). The van der Waals surface area contributed by atoms with E-state index in [4.69, 9.17) is 9.47 Å². The summed E-state index contributed by atoms with van der Waals surface area (Å²) in [6.07, 6.45) is 1.13. The molecular formula is C8H18O3. The first-order valence-corrected chi connectivity index (χ1v) is 4.06. The number of aliphatic hydroxyl groups is 1. The van der Waals surface area contributed by atoms with Gasteiger partial charge in [-0.05, 0) is 19.8 Å². The van der Waals surface area contributed by atoms with Gasteiger partial charge in [-0.25, -0.2) is 0 Å². The molecule has 68 valence electrons. The van der Waals surface area contributed by atoms with Gasteiger partial charge in [-0.1, -0.05) is 0 Å². The van der Waals surface area contributed by atoms with Crippen molar-refractivity contribution in [2.45, 2.75) is 25.9 Å². The molecular weight excluding hydrogens is 144 g/mol. The number of rotatable bonds is 7. The van der Waals surface area contributed by atoms with Crippen molar-refractivity contribution in [1.29, 1.82) is 0 Å². The zero-order chi connectivity index (χ0) is 8.53. The van der Waals surface area contributed by atoms with Crippen LogP contribution in [0.4, 0.5) is 0 Å². The third-order valence-electron chi connectivity index (χ3n) is 1.45. The molecule has 1 atom stereocenters. The van der Waals surface area contributed by atoms with Gasteiger partial charge in [0.15, 0.2) is 0 Å². The van der Waals surface area contributed by atoms with Crippen molar-refractivity contribution < 1.29 is 14.6 Å². The number of hydrogen-bond donors (Lipinski definition) is 1. The fourth-order valence-electron chi connectivity index (χ4n) is 0.762. The van der Waals surface area contributed by atoms with Crippen LogP contribution < -0.4 is 0 Å². The summed E-state index contributed by atoms with van der Waals surface area (Å²) in [6.45, 7) is 3.92. The van der Waals surface area contributed by atoms with Crippen LogP contribution in [0.5, 0.6) is 0 Å². The van der Waals surface area contributed by atoms with E-state index >= 15 is 0 Å². The van der Waals surface area contributed by atoms with Gasteiger partial charge >= 0.3 is 0 Å². The molecule has 0 aliphatic rings. The van der Waals surface area contributed by atoms with Gasteiger partial charge < -0.3 is 14.6 Å². The van der Waals surface area contributed by atoms with Crippen LogP contribution in [0.25, 0.3) is 0 Å². The summed E-state index contributed by atoms with van der Waals surface area (Å²) in [6, 6.07) is 0. The van der Waals surface area contributed by atoms with E-state index in [1.54, 1.807) is 7.11 Å². The molecule has 1 unspecified atom stereocenters. The maximum Gasteiger partial charge on any atom is 0.0584 e. The third-order valence-corrected chi connectivity index (χ3v) is 1.45. The second-order valence-electron chi connectivity index (χ2n) is 2.42. The minimum atomic E-state index is -0.276. The number of aliphatic hydroxyl groups excluding tert-OH is 1. The van der Waals surface area contributed by atoms with E-state index in [-0.39, 0.29) is 6.10 Å². The topological polar surface area (TPSA) is 38.7 Å². The van der Waals surface area contributed by atoms with Gasteiger partial charge in [-0.15, -0.1) is 0 Å².